The van der Waals surface area contributed by atoms with Crippen LogP contribution in [0.4, 0.5) is 0 Å². The molecule has 0 amide bonds. The lowest BCUT2D eigenvalue weighted by Crippen LogP contribution is -2.10. The third-order valence-corrected chi connectivity index (χ3v) is 4.40. The molecule has 0 spiro atoms. The van der Waals surface area contributed by atoms with Gasteiger partial charge in [0.1, 0.15) is 5.75 Å². The average Bonchev–Trinajstić information content (AvgIpc) is 2.34. The molecule has 1 unspecified atom stereocenters. The average molecular weight is 281 g/mol. The van der Waals surface area contributed by atoms with Gasteiger partial charge in [-0.1, -0.05) is 26.8 Å². The van der Waals surface area contributed by atoms with Crippen LogP contribution in [0.3, 0.4) is 0 Å². The summed E-state index contributed by atoms with van der Waals surface area (Å²) in [5.41, 5.74) is 8.25. The summed E-state index contributed by atoms with van der Waals surface area (Å²) in [4.78, 5) is 0. The molecule has 1 aromatic rings. The Kier molecular flexibility index (Phi) is 7.32. The maximum absolute atomic E-state index is 5.80. The number of benzene rings is 1. The van der Waals surface area contributed by atoms with Crippen LogP contribution in [0.5, 0.6) is 5.75 Å². The predicted octanol–water partition coefficient (Wildman–Crippen LogP) is 3.97. The number of rotatable bonds is 8. The van der Waals surface area contributed by atoms with E-state index in [9.17, 15) is 0 Å². The minimum Gasteiger partial charge on any atom is -0.493 e. The third-order valence-electron chi connectivity index (χ3n) is 3.19. The maximum Gasteiger partial charge on any atom is 0.119 e. The van der Waals surface area contributed by atoms with Gasteiger partial charge in [-0.2, -0.15) is 11.8 Å². The fourth-order valence-corrected chi connectivity index (χ4v) is 3.00. The number of hydrogen-bond donors (Lipinski definition) is 1. The molecule has 0 saturated heterocycles. The Balaban J connectivity index is 2.36. The molecule has 0 aliphatic heterocycles. The first-order valence-corrected chi connectivity index (χ1v) is 8.14. The highest BCUT2D eigenvalue weighted by molar-refractivity contribution is 7.99. The molecule has 2 N–H and O–H groups in total. The van der Waals surface area contributed by atoms with Crippen molar-refractivity contribution in [2.24, 2.45) is 5.73 Å². The fourth-order valence-electron chi connectivity index (χ4n) is 2.11. The van der Waals surface area contributed by atoms with Gasteiger partial charge in [0.25, 0.3) is 0 Å². The number of ether oxygens (including phenoxy) is 1. The van der Waals surface area contributed by atoms with Crippen LogP contribution in [0.15, 0.2) is 18.2 Å². The molecular formula is C16H27NOS. The van der Waals surface area contributed by atoms with Crippen LogP contribution >= 0.6 is 11.8 Å². The molecule has 2 nitrogen and oxygen atoms in total. The van der Waals surface area contributed by atoms with Gasteiger partial charge in [-0.15, -0.1) is 0 Å². The van der Waals surface area contributed by atoms with Gasteiger partial charge in [-0.25, -0.2) is 0 Å². The van der Waals surface area contributed by atoms with E-state index in [4.69, 9.17) is 10.5 Å². The van der Waals surface area contributed by atoms with Crippen molar-refractivity contribution in [1.29, 1.82) is 0 Å². The molecule has 0 heterocycles. The number of hydrogen-bond acceptors (Lipinski definition) is 3. The van der Waals surface area contributed by atoms with Gasteiger partial charge < -0.3 is 10.5 Å². The number of thioether (sulfide) groups is 1. The van der Waals surface area contributed by atoms with Gasteiger partial charge in [-0.05, 0) is 49.1 Å². The second-order valence-corrected chi connectivity index (χ2v) is 6.83. The minimum absolute atomic E-state index is 0.571. The second-order valence-electron chi connectivity index (χ2n) is 5.28. The summed E-state index contributed by atoms with van der Waals surface area (Å²) >= 11 is 1.93. The Morgan fingerprint density at radius 3 is 2.58 bits per heavy atom. The van der Waals surface area contributed by atoms with Crippen molar-refractivity contribution in [3.63, 3.8) is 0 Å². The molecule has 1 atom stereocenters. The highest BCUT2D eigenvalue weighted by Gasteiger charge is 2.05. The molecular weight excluding hydrogens is 254 g/mol. The summed E-state index contributed by atoms with van der Waals surface area (Å²) in [5, 5.41) is 0.624. The maximum atomic E-state index is 5.80. The molecule has 1 rings (SSSR count). The van der Waals surface area contributed by atoms with E-state index in [0.717, 1.165) is 31.1 Å². The van der Waals surface area contributed by atoms with Gasteiger partial charge in [0.2, 0.25) is 0 Å². The lowest BCUT2D eigenvalue weighted by atomic mass is 9.98. The van der Waals surface area contributed by atoms with Crippen LogP contribution in [-0.4, -0.2) is 24.2 Å². The summed E-state index contributed by atoms with van der Waals surface area (Å²) in [5.74, 6) is 2.57. The van der Waals surface area contributed by atoms with Crippen LogP contribution in [0.25, 0.3) is 0 Å². The van der Waals surface area contributed by atoms with Gasteiger partial charge in [0, 0.05) is 11.0 Å². The molecule has 0 saturated carbocycles. The van der Waals surface area contributed by atoms with E-state index in [2.05, 4.69) is 45.9 Å². The highest BCUT2D eigenvalue weighted by Crippen LogP contribution is 2.23. The van der Waals surface area contributed by atoms with Gasteiger partial charge in [0.15, 0.2) is 0 Å². The molecule has 3 heteroatoms. The summed E-state index contributed by atoms with van der Waals surface area (Å²) in [6.45, 7) is 10.3. The van der Waals surface area contributed by atoms with E-state index in [-0.39, 0.29) is 0 Å². The zero-order valence-electron chi connectivity index (χ0n) is 12.6. The van der Waals surface area contributed by atoms with E-state index in [0.29, 0.717) is 11.2 Å². The number of aryl methyl sites for hydroxylation is 1. The normalized spacial score (nSPS) is 12.7. The molecule has 108 valence electrons. The minimum atomic E-state index is 0.571. The Hall–Kier alpha value is -0.670. The standard InChI is InChI=1S/C16H27NOS/c1-12(2)16-6-5-15(11-13(16)3)18-9-10-19-14(4)7-8-17/h5-6,11-12,14H,7-10,17H2,1-4H3. The molecule has 0 radical (unpaired) electrons. The highest BCUT2D eigenvalue weighted by atomic mass is 32.2. The molecule has 0 aliphatic carbocycles. The van der Waals surface area contributed by atoms with Crippen LogP contribution in [0.1, 0.15) is 44.2 Å². The van der Waals surface area contributed by atoms with E-state index in [1.807, 2.05) is 11.8 Å². The zero-order chi connectivity index (χ0) is 14.3. The topological polar surface area (TPSA) is 35.2 Å². The molecule has 0 aliphatic rings. The second kappa shape index (κ2) is 8.49. The van der Waals surface area contributed by atoms with Crippen LogP contribution in [-0.2, 0) is 0 Å². The molecule has 0 fully saturated rings. The molecule has 19 heavy (non-hydrogen) atoms. The van der Waals surface area contributed by atoms with Crippen molar-refractivity contribution in [2.45, 2.75) is 45.3 Å². The Labute approximate surface area is 122 Å². The quantitative estimate of drug-likeness (QED) is 0.732. The lowest BCUT2D eigenvalue weighted by Gasteiger charge is -2.13. The van der Waals surface area contributed by atoms with E-state index in [1.165, 1.54) is 11.1 Å². The first-order valence-electron chi connectivity index (χ1n) is 7.09. The summed E-state index contributed by atoms with van der Waals surface area (Å²) in [6, 6.07) is 6.40. The van der Waals surface area contributed by atoms with E-state index < -0.39 is 0 Å². The molecule has 1 aromatic carbocycles. The first-order chi connectivity index (χ1) is 9.04. The van der Waals surface area contributed by atoms with Crippen molar-refractivity contribution in [3.8, 4) is 5.75 Å². The molecule has 0 aromatic heterocycles. The fraction of sp³-hybridized carbons (Fsp3) is 0.625. The Morgan fingerprint density at radius 1 is 1.26 bits per heavy atom. The Morgan fingerprint density at radius 2 is 2.00 bits per heavy atom. The summed E-state index contributed by atoms with van der Waals surface area (Å²) < 4.78 is 5.80. The van der Waals surface area contributed by atoms with Crippen molar-refractivity contribution in [2.75, 3.05) is 18.9 Å². The number of nitrogens with two attached hydrogens (primary N) is 1. The van der Waals surface area contributed by atoms with Crippen molar-refractivity contribution in [1.82, 2.24) is 0 Å². The van der Waals surface area contributed by atoms with E-state index >= 15 is 0 Å². The van der Waals surface area contributed by atoms with E-state index in [1.54, 1.807) is 0 Å². The summed E-state index contributed by atoms with van der Waals surface area (Å²) in [6.07, 6.45) is 1.08. The predicted molar refractivity (Wildman–Crippen MR) is 86.4 cm³/mol. The molecule has 0 bridgehead atoms. The Bertz CT molecular complexity index is 379. The monoisotopic (exact) mass is 281 g/mol. The van der Waals surface area contributed by atoms with Gasteiger partial charge in [0.05, 0.1) is 6.61 Å². The van der Waals surface area contributed by atoms with Crippen LogP contribution in [0.2, 0.25) is 0 Å². The largest absolute Gasteiger partial charge is 0.493 e. The SMILES string of the molecule is Cc1cc(OCCSC(C)CCN)ccc1C(C)C. The van der Waals surface area contributed by atoms with Crippen molar-refractivity contribution >= 4 is 11.8 Å². The van der Waals surface area contributed by atoms with Crippen LogP contribution < -0.4 is 10.5 Å². The third kappa shape index (κ3) is 5.87. The summed E-state index contributed by atoms with van der Waals surface area (Å²) in [7, 11) is 0. The van der Waals surface area contributed by atoms with Crippen molar-refractivity contribution in [3.05, 3.63) is 29.3 Å². The van der Waals surface area contributed by atoms with Crippen LogP contribution in [0, 0.1) is 6.92 Å². The smallest absolute Gasteiger partial charge is 0.119 e. The first kappa shape index (κ1) is 16.4. The van der Waals surface area contributed by atoms with Crippen molar-refractivity contribution < 1.29 is 4.74 Å². The van der Waals surface area contributed by atoms with Gasteiger partial charge in [-0.3, -0.25) is 0 Å². The lowest BCUT2D eigenvalue weighted by molar-refractivity contribution is 0.343. The van der Waals surface area contributed by atoms with Gasteiger partial charge >= 0.3 is 0 Å². The zero-order valence-corrected chi connectivity index (χ0v) is 13.4.